The Hall–Kier alpha value is -9.46. The van der Waals surface area contributed by atoms with Gasteiger partial charge in [-0.05, 0) is 159 Å². The number of carbonyl (C=O) groups is 1. The van der Waals surface area contributed by atoms with Crippen molar-refractivity contribution in [2.45, 2.75) is 105 Å². The molecule has 5 aromatic carbocycles. The number of nitrogens with zero attached hydrogens (tertiary/aromatic N) is 5. The summed E-state index contributed by atoms with van der Waals surface area (Å²) in [5, 5.41) is 4.98. The third-order valence-electron chi connectivity index (χ3n) is 14.8. The number of sulfone groups is 1. The van der Waals surface area contributed by atoms with Crippen molar-refractivity contribution in [3.8, 4) is 44.5 Å². The number of benzene rings is 5. The number of amides is 1. The first-order valence-corrected chi connectivity index (χ1v) is 31.1. The predicted molar refractivity (Wildman–Crippen MR) is 362 cm³/mol. The van der Waals surface area contributed by atoms with Gasteiger partial charge in [-0.1, -0.05) is 160 Å². The number of carbonyl (C=O) groups excluding carboxylic acids is 1. The van der Waals surface area contributed by atoms with Gasteiger partial charge < -0.3 is 15.2 Å². The average molecular weight is 1190 g/mol. The predicted octanol–water partition coefficient (Wildman–Crippen LogP) is 18.0. The molecule has 11 nitrogen and oxygen atoms in total. The van der Waals surface area contributed by atoms with E-state index in [1.54, 1.807) is 17.2 Å². The molecule has 5 aromatic heterocycles. The quantitative estimate of drug-likeness (QED) is 0.144. The fraction of sp³-hybridized carbons (Fsp3) is 0.227. The molecule has 2 N–H and O–H groups in total. The molecule has 0 bridgehead atoms. The van der Waals surface area contributed by atoms with Gasteiger partial charge >= 0.3 is 0 Å². The molecule has 0 saturated carbocycles. The summed E-state index contributed by atoms with van der Waals surface area (Å²) < 4.78 is 36.5. The van der Waals surface area contributed by atoms with Crippen molar-refractivity contribution in [3.63, 3.8) is 0 Å². The number of halogens is 1. The zero-order chi connectivity index (χ0) is 62.5. The minimum Gasteiger partial charge on any atom is -0.356 e. The van der Waals surface area contributed by atoms with Crippen LogP contribution in [0.15, 0.2) is 217 Å². The lowest BCUT2D eigenvalue weighted by Gasteiger charge is -2.17. The molecular formula is C75H80FN7O4S. The van der Waals surface area contributed by atoms with E-state index in [0.29, 0.717) is 41.2 Å². The summed E-state index contributed by atoms with van der Waals surface area (Å²) in [5.41, 5.74) is 19.0. The summed E-state index contributed by atoms with van der Waals surface area (Å²) in [6.07, 6.45) is 14.1. The summed E-state index contributed by atoms with van der Waals surface area (Å²) in [7, 11) is -1.71. The van der Waals surface area contributed by atoms with E-state index in [2.05, 4.69) is 141 Å². The zero-order valence-electron chi connectivity index (χ0n) is 51.4. The van der Waals surface area contributed by atoms with Crippen LogP contribution in [0.25, 0.3) is 61.4 Å². The molecule has 10 aromatic rings. The summed E-state index contributed by atoms with van der Waals surface area (Å²) >= 11 is 0. The number of anilines is 1. The van der Waals surface area contributed by atoms with Crippen molar-refractivity contribution in [1.29, 1.82) is 0 Å². The molecule has 0 radical (unpaired) electrons. The Morgan fingerprint density at radius 2 is 1.08 bits per heavy atom. The lowest BCUT2D eigenvalue weighted by Crippen LogP contribution is -2.17. The highest BCUT2D eigenvalue weighted by molar-refractivity contribution is 7.90. The standard InChI is InChI=1S/C18H18N2.C17H18N2O.C17H16N2O.C14H13FO2S.C8H11N.CH4/c1-12(2)18-16(5-4-10-19-18)15-9-8-14-7-6-13(3)20-17(14)11-15;1-11(2)16-14(5-4-8-18-16)12-6-7-15-13(9-12)10-19(3)17(15)20;1-11(2)16-14(4-3-8-18-16)13-6-5-12-7-9-19-17(20)15(12)10-13;1-10-5-3-4-6-12(10)11-7-8-13(15)14(9-11)18(2,16)17;1-7(2)8-5-3-4-6-9-8;/h4-12,20H,3H2,1-2H3;4-9,11H,10H2,1-3H3;3-11H,1-2H3,(H,19,20);3-9H,1-2H3;3-7H,1-2H3;1H4. The molecule has 0 aliphatic carbocycles. The Morgan fingerprint density at radius 3 is 1.64 bits per heavy atom. The van der Waals surface area contributed by atoms with E-state index >= 15 is 0 Å². The van der Waals surface area contributed by atoms with Crippen LogP contribution in [0.5, 0.6) is 0 Å². The molecule has 2 aliphatic rings. The third-order valence-corrected chi connectivity index (χ3v) is 15.9. The lowest BCUT2D eigenvalue weighted by molar-refractivity contribution is 0.0816. The molecule has 7 heterocycles. The van der Waals surface area contributed by atoms with E-state index < -0.39 is 15.7 Å². The SMILES string of the molecule is C.C=C1C=Cc2ccc(-c3cccnc3C(C)C)cc2N1.CC(C)c1ccccn1.CC(C)c1ncccc1-c1ccc2c(c1)CN(C)C2=O.CC(C)c1ncccc1-c1ccc2cc[nH]c(=O)c2c1.Cc1ccccc1-c1ccc(F)c(S(C)(=O)=O)c1. The number of hydrogen-bond donors (Lipinski definition) is 2. The fourth-order valence-corrected chi connectivity index (χ4v) is 11.1. The van der Waals surface area contributed by atoms with Gasteiger partial charge in [0.05, 0.1) is 17.1 Å². The van der Waals surface area contributed by atoms with Crippen LogP contribution in [0.4, 0.5) is 10.1 Å². The maximum Gasteiger partial charge on any atom is 0.255 e. The Morgan fingerprint density at radius 1 is 0.557 bits per heavy atom. The highest BCUT2D eigenvalue weighted by atomic mass is 32.2. The molecule has 0 saturated heterocycles. The van der Waals surface area contributed by atoms with E-state index in [0.717, 1.165) is 90.3 Å². The highest BCUT2D eigenvalue weighted by Gasteiger charge is 2.25. The second-order valence-electron chi connectivity index (χ2n) is 22.8. The smallest absolute Gasteiger partial charge is 0.255 e. The number of aromatic nitrogens is 5. The number of nitrogens with one attached hydrogen (secondary N) is 2. The Kier molecular flexibility index (Phi) is 22.3. The van der Waals surface area contributed by atoms with Gasteiger partial charge in [-0.25, -0.2) is 12.8 Å². The monoisotopic (exact) mass is 1190 g/mol. The number of aromatic amines is 1. The minimum absolute atomic E-state index is 0. The number of rotatable bonds is 9. The molecule has 13 heteroatoms. The zero-order valence-corrected chi connectivity index (χ0v) is 52.2. The largest absolute Gasteiger partial charge is 0.356 e. The third kappa shape index (κ3) is 16.3. The van der Waals surface area contributed by atoms with Crippen molar-refractivity contribution >= 4 is 38.3 Å². The molecule has 0 spiro atoms. The van der Waals surface area contributed by atoms with Gasteiger partial charge in [-0.15, -0.1) is 0 Å². The van der Waals surface area contributed by atoms with Crippen LogP contribution in [0.1, 0.15) is 136 Å². The molecule has 12 rings (SSSR count). The average Bonchev–Trinajstić information content (AvgIpc) is 4.10. The van der Waals surface area contributed by atoms with Gasteiger partial charge in [0.1, 0.15) is 10.7 Å². The number of pyridine rings is 5. The van der Waals surface area contributed by atoms with Gasteiger partial charge in [0.25, 0.3) is 11.5 Å². The summed E-state index contributed by atoms with van der Waals surface area (Å²) in [4.78, 5) is 45.7. The first kappa shape index (κ1) is 66.1. The molecule has 0 unspecified atom stereocenters. The summed E-state index contributed by atoms with van der Waals surface area (Å²) in [5.74, 6) is 1.08. The molecule has 0 atom stereocenters. The van der Waals surface area contributed by atoms with Crippen molar-refractivity contribution in [1.82, 2.24) is 29.8 Å². The van der Waals surface area contributed by atoms with Crippen LogP contribution in [0.2, 0.25) is 0 Å². The van der Waals surface area contributed by atoms with Gasteiger partial charge in [0, 0.05) is 95.6 Å². The molecular weight excluding hydrogens is 1110 g/mol. The number of hydrogen-bond acceptors (Lipinski definition) is 9. The van der Waals surface area contributed by atoms with E-state index in [9.17, 15) is 22.4 Å². The number of fused-ring (bicyclic) bond motifs is 3. The molecule has 452 valence electrons. The summed E-state index contributed by atoms with van der Waals surface area (Å²) in [6.45, 7) is 23.8. The van der Waals surface area contributed by atoms with E-state index in [1.165, 1.54) is 28.8 Å². The van der Waals surface area contributed by atoms with Crippen molar-refractivity contribution in [2.75, 3.05) is 18.6 Å². The Labute approximate surface area is 519 Å². The minimum atomic E-state index is -3.55. The Balaban J connectivity index is 0.000000159. The first-order valence-electron chi connectivity index (χ1n) is 29.2. The molecule has 88 heavy (non-hydrogen) atoms. The van der Waals surface area contributed by atoms with Crippen LogP contribution >= 0.6 is 0 Å². The van der Waals surface area contributed by atoms with Crippen molar-refractivity contribution < 1.29 is 17.6 Å². The molecule has 2 aliphatic heterocycles. The lowest BCUT2D eigenvalue weighted by atomic mass is 9.95. The van der Waals surface area contributed by atoms with Crippen LogP contribution < -0.4 is 10.9 Å². The van der Waals surface area contributed by atoms with Crippen LogP contribution in [-0.2, 0) is 16.4 Å². The second-order valence-corrected chi connectivity index (χ2v) is 24.8. The number of allylic oxidation sites excluding steroid dienone is 1. The van der Waals surface area contributed by atoms with Crippen LogP contribution in [0, 0.1) is 12.7 Å². The van der Waals surface area contributed by atoms with Gasteiger partial charge in [0.2, 0.25) is 0 Å². The van der Waals surface area contributed by atoms with E-state index in [4.69, 9.17) is 0 Å². The summed E-state index contributed by atoms with van der Waals surface area (Å²) in [6, 6.07) is 50.4. The maximum absolute atomic E-state index is 13.5. The first-order chi connectivity index (χ1) is 41.6. The second kappa shape index (κ2) is 29.8. The Bertz CT molecular complexity index is 4290. The van der Waals surface area contributed by atoms with Crippen LogP contribution in [-0.4, -0.2) is 57.4 Å². The van der Waals surface area contributed by atoms with Crippen molar-refractivity contribution in [2.24, 2.45) is 0 Å². The topological polar surface area (TPSA) is 151 Å². The van der Waals surface area contributed by atoms with E-state index in [-0.39, 0.29) is 23.8 Å². The van der Waals surface area contributed by atoms with E-state index in [1.807, 2.05) is 142 Å². The molecule has 0 fully saturated rings. The number of aryl methyl sites for hydroxylation is 1. The highest BCUT2D eigenvalue weighted by Crippen LogP contribution is 2.35. The van der Waals surface area contributed by atoms with Crippen LogP contribution in [0.3, 0.4) is 0 Å². The van der Waals surface area contributed by atoms with Crippen molar-refractivity contribution in [3.05, 3.63) is 268 Å². The number of H-pyrrole nitrogens is 1. The van der Waals surface area contributed by atoms with Gasteiger partial charge in [-0.3, -0.25) is 29.5 Å². The van der Waals surface area contributed by atoms with Gasteiger partial charge in [-0.2, -0.15) is 0 Å². The normalized spacial score (nSPS) is 12.1. The maximum atomic E-state index is 13.5. The fourth-order valence-electron chi connectivity index (χ4n) is 10.3. The van der Waals surface area contributed by atoms with Gasteiger partial charge in [0.15, 0.2) is 9.84 Å². The molecule has 1 amide bonds.